The van der Waals surface area contributed by atoms with Gasteiger partial charge in [-0.15, -0.1) is 0 Å². The van der Waals surface area contributed by atoms with Crippen LogP contribution in [0.15, 0.2) is 47.0 Å². The molecular weight excluding hydrogens is 369 g/mol. The zero-order valence-electron chi connectivity index (χ0n) is 12.8. The molecule has 0 aliphatic heterocycles. The predicted molar refractivity (Wildman–Crippen MR) is 91.9 cm³/mol. The first-order valence-electron chi connectivity index (χ1n) is 7.14. The number of hydrogen-bond donors (Lipinski definition) is 0. The molecule has 0 fully saturated rings. The second-order valence-electron chi connectivity index (χ2n) is 5.10. The molecule has 0 aliphatic carbocycles. The fraction of sp³-hybridized carbons (Fsp3) is 0.125. The lowest BCUT2D eigenvalue weighted by molar-refractivity contribution is -0.384. The number of benzene rings is 2. The molecule has 0 N–H and O–H groups in total. The second kappa shape index (κ2) is 7.08. The number of hydrogen-bond acceptors (Lipinski definition) is 6. The van der Waals surface area contributed by atoms with Gasteiger partial charge in [0.2, 0.25) is 5.82 Å². The molecule has 0 saturated carbocycles. The monoisotopic (exact) mass is 379 g/mol. The second-order valence-corrected chi connectivity index (χ2v) is 5.94. The van der Waals surface area contributed by atoms with E-state index in [4.69, 9.17) is 32.5 Å². The Morgan fingerprint density at radius 1 is 1.20 bits per heavy atom. The molecule has 3 aromatic rings. The summed E-state index contributed by atoms with van der Waals surface area (Å²) in [6.45, 7) is 1.73. The first kappa shape index (κ1) is 17.2. The van der Waals surface area contributed by atoms with Crippen LogP contribution in [0.25, 0.3) is 11.4 Å². The molecule has 128 valence electrons. The van der Waals surface area contributed by atoms with Crippen molar-refractivity contribution in [3.05, 3.63) is 68.5 Å². The Morgan fingerprint density at radius 2 is 1.92 bits per heavy atom. The van der Waals surface area contributed by atoms with Gasteiger partial charge < -0.3 is 9.26 Å². The van der Waals surface area contributed by atoms with E-state index in [0.29, 0.717) is 27.2 Å². The smallest absolute Gasteiger partial charge is 0.269 e. The van der Waals surface area contributed by atoms with E-state index in [1.807, 2.05) is 0 Å². The van der Waals surface area contributed by atoms with Gasteiger partial charge in [-0.3, -0.25) is 10.1 Å². The molecule has 0 spiro atoms. The van der Waals surface area contributed by atoms with Crippen LogP contribution in [0.4, 0.5) is 5.69 Å². The zero-order chi connectivity index (χ0) is 18.0. The SMILES string of the molecule is C[C@H](Oc1ccc(Cl)cc1Cl)c1nc(-c2ccc([N+](=O)[O-])cc2)no1. The third-order valence-electron chi connectivity index (χ3n) is 3.32. The normalized spacial score (nSPS) is 12.0. The van der Waals surface area contributed by atoms with Crippen molar-refractivity contribution in [1.29, 1.82) is 0 Å². The summed E-state index contributed by atoms with van der Waals surface area (Å²) in [6.07, 6.45) is -0.544. The first-order valence-corrected chi connectivity index (χ1v) is 7.90. The lowest BCUT2D eigenvalue weighted by atomic mass is 10.2. The van der Waals surface area contributed by atoms with Crippen molar-refractivity contribution in [2.24, 2.45) is 0 Å². The van der Waals surface area contributed by atoms with Crippen LogP contribution in [0.2, 0.25) is 10.0 Å². The zero-order valence-corrected chi connectivity index (χ0v) is 14.4. The third-order valence-corrected chi connectivity index (χ3v) is 3.85. The minimum atomic E-state index is -0.544. The van der Waals surface area contributed by atoms with E-state index < -0.39 is 11.0 Å². The maximum Gasteiger partial charge on any atom is 0.269 e. The topological polar surface area (TPSA) is 91.3 Å². The standard InChI is InChI=1S/C16H11Cl2N3O4/c1-9(24-14-7-4-11(17)8-13(14)18)16-19-15(20-25-16)10-2-5-12(6-3-10)21(22)23/h2-9H,1H3/t9-/m0/s1. The Labute approximate surface area is 152 Å². The van der Waals surface area contributed by atoms with Crippen molar-refractivity contribution in [2.45, 2.75) is 13.0 Å². The molecule has 3 rings (SSSR count). The van der Waals surface area contributed by atoms with E-state index in [0.717, 1.165) is 0 Å². The molecule has 1 heterocycles. The third kappa shape index (κ3) is 3.89. The van der Waals surface area contributed by atoms with Gasteiger partial charge in [0.1, 0.15) is 5.75 Å². The summed E-state index contributed by atoms with van der Waals surface area (Å²) in [5, 5.41) is 15.4. The lowest BCUT2D eigenvalue weighted by Crippen LogP contribution is -2.03. The summed E-state index contributed by atoms with van der Waals surface area (Å²) in [4.78, 5) is 14.5. The number of nitrogens with zero attached hydrogens (tertiary/aromatic N) is 3. The van der Waals surface area contributed by atoms with Gasteiger partial charge in [0.25, 0.3) is 11.6 Å². The maximum absolute atomic E-state index is 10.7. The average Bonchev–Trinajstić information content (AvgIpc) is 3.07. The molecule has 0 saturated heterocycles. The Kier molecular flexibility index (Phi) is 4.87. The van der Waals surface area contributed by atoms with Crippen LogP contribution >= 0.6 is 23.2 Å². The minimum Gasteiger partial charge on any atom is -0.479 e. The van der Waals surface area contributed by atoms with E-state index in [9.17, 15) is 10.1 Å². The van der Waals surface area contributed by atoms with Gasteiger partial charge in [0.15, 0.2) is 6.10 Å². The van der Waals surface area contributed by atoms with Crippen LogP contribution in [-0.4, -0.2) is 15.1 Å². The summed E-state index contributed by atoms with van der Waals surface area (Å²) < 4.78 is 10.9. The molecule has 7 nitrogen and oxygen atoms in total. The molecule has 0 amide bonds. The summed E-state index contributed by atoms with van der Waals surface area (Å²) >= 11 is 11.9. The van der Waals surface area contributed by atoms with Gasteiger partial charge >= 0.3 is 0 Å². The van der Waals surface area contributed by atoms with E-state index >= 15 is 0 Å². The highest BCUT2D eigenvalue weighted by molar-refractivity contribution is 6.35. The van der Waals surface area contributed by atoms with Crippen LogP contribution in [0.3, 0.4) is 0 Å². The van der Waals surface area contributed by atoms with Gasteiger partial charge in [-0.05, 0) is 37.3 Å². The van der Waals surface area contributed by atoms with Crippen LogP contribution in [-0.2, 0) is 0 Å². The summed E-state index contributed by atoms with van der Waals surface area (Å²) in [7, 11) is 0. The van der Waals surface area contributed by atoms with Crippen LogP contribution in [0.5, 0.6) is 5.75 Å². The Balaban J connectivity index is 1.77. The van der Waals surface area contributed by atoms with Gasteiger partial charge in [-0.2, -0.15) is 4.98 Å². The summed E-state index contributed by atoms with van der Waals surface area (Å²) in [6, 6.07) is 10.7. The highest BCUT2D eigenvalue weighted by atomic mass is 35.5. The van der Waals surface area contributed by atoms with Crippen molar-refractivity contribution in [3.8, 4) is 17.1 Å². The fourth-order valence-corrected chi connectivity index (χ4v) is 2.51. The summed E-state index contributed by atoms with van der Waals surface area (Å²) in [5.74, 6) is 0.996. The van der Waals surface area contributed by atoms with Crippen molar-refractivity contribution in [2.75, 3.05) is 0 Å². The van der Waals surface area contributed by atoms with Crippen LogP contribution in [0, 0.1) is 10.1 Å². The molecule has 1 aromatic heterocycles. The molecule has 9 heteroatoms. The molecular formula is C16H11Cl2N3O4. The van der Waals surface area contributed by atoms with Crippen molar-refractivity contribution >= 4 is 28.9 Å². The molecule has 0 radical (unpaired) electrons. The maximum atomic E-state index is 10.7. The molecule has 2 aromatic carbocycles. The van der Waals surface area contributed by atoms with E-state index in [1.54, 1.807) is 37.3 Å². The molecule has 0 unspecified atom stereocenters. The minimum absolute atomic E-state index is 0.0125. The molecule has 1 atom stereocenters. The van der Waals surface area contributed by atoms with Crippen molar-refractivity contribution < 1.29 is 14.2 Å². The quantitative estimate of drug-likeness (QED) is 0.452. The predicted octanol–water partition coefficient (Wildman–Crippen LogP) is 5.09. The van der Waals surface area contributed by atoms with E-state index in [-0.39, 0.29) is 11.6 Å². The number of nitro benzene ring substituents is 1. The number of nitro groups is 1. The van der Waals surface area contributed by atoms with Crippen molar-refractivity contribution in [3.63, 3.8) is 0 Å². The number of rotatable bonds is 5. The number of ether oxygens (including phenoxy) is 1. The number of aromatic nitrogens is 2. The van der Waals surface area contributed by atoms with Crippen molar-refractivity contribution in [1.82, 2.24) is 10.1 Å². The summed E-state index contributed by atoms with van der Waals surface area (Å²) in [5.41, 5.74) is 0.582. The number of halogens is 2. The lowest BCUT2D eigenvalue weighted by Gasteiger charge is -2.12. The Hall–Kier alpha value is -2.64. The van der Waals surface area contributed by atoms with Gasteiger partial charge in [-0.25, -0.2) is 0 Å². The Morgan fingerprint density at radius 3 is 2.56 bits per heavy atom. The highest BCUT2D eigenvalue weighted by Gasteiger charge is 2.18. The fourth-order valence-electron chi connectivity index (χ4n) is 2.06. The van der Waals surface area contributed by atoms with Gasteiger partial charge in [-0.1, -0.05) is 28.4 Å². The van der Waals surface area contributed by atoms with Gasteiger partial charge in [0, 0.05) is 22.7 Å². The highest BCUT2D eigenvalue weighted by Crippen LogP contribution is 2.31. The Bertz CT molecular complexity index is 912. The van der Waals surface area contributed by atoms with Crippen LogP contribution in [0.1, 0.15) is 18.9 Å². The number of non-ortho nitro benzene ring substituents is 1. The van der Waals surface area contributed by atoms with Gasteiger partial charge in [0.05, 0.1) is 9.95 Å². The molecule has 0 aliphatic rings. The largest absolute Gasteiger partial charge is 0.479 e. The first-order chi connectivity index (χ1) is 11.9. The molecule has 25 heavy (non-hydrogen) atoms. The van der Waals surface area contributed by atoms with Crippen LogP contribution < -0.4 is 4.74 Å². The average molecular weight is 380 g/mol. The van der Waals surface area contributed by atoms with E-state index in [2.05, 4.69) is 10.1 Å². The van der Waals surface area contributed by atoms with E-state index in [1.165, 1.54) is 12.1 Å². The molecule has 0 bridgehead atoms.